The molecule has 29 heavy (non-hydrogen) atoms. The van der Waals surface area contributed by atoms with Gasteiger partial charge in [0.05, 0.1) is 18.4 Å². The summed E-state index contributed by atoms with van der Waals surface area (Å²) in [6.45, 7) is 0. The van der Waals surface area contributed by atoms with Crippen LogP contribution in [0.3, 0.4) is 0 Å². The van der Waals surface area contributed by atoms with Gasteiger partial charge in [-0.3, -0.25) is 14.4 Å². The van der Waals surface area contributed by atoms with Crippen molar-refractivity contribution in [2.75, 3.05) is 12.4 Å². The fourth-order valence-electron chi connectivity index (χ4n) is 3.34. The van der Waals surface area contributed by atoms with Crippen LogP contribution in [0.4, 0.5) is 5.69 Å². The van der Waals surface area contributed by atoms with Gasteiger partial charge in [-0.2, -0.15) is 0 Å². The van der Waals surface area contributed by atoms with Gasteiger partial charge in [0.1, 0.15) is 5.75 Å². The van der Waals surface area contributed by atoms with Crippen LogP contribution in [0.15, 0.2) is 72.8 Å². The van der Waals surface area contributed by atoms with Gasteiger partial charge in [-0.15, -0.1) is 0 Å². The lowest BCUT2D eigenvalue weighted by Crippen LogP contribution is -2.23. The summed E-state index contributed by atoms with van der Waals surface area (Å²) in [6, 6.07) is 18.9. The standard InChI is InChI=1S/C24H17NO4/c1-29-16-7-4-6-15(14-16)12-13-21(26)25-20-11-5-10-19-22(20)24(28)18-9-3-2-8-17(18)23(19)27/h2-14H,1H3,(H,25,26)/b13-12+. The average molecular weight is 383 g/mol. The third-order valence-electron chi connectivity index (χ3n) is 4.73. The Labute approximate surface area is 167 Å². The Morgan fingerprint density at radius 2 is 1.55 bits per heavy atom. The Bertz CT molecular complexity index is 1180. The molecule has 0 bridgehead atoms. The molecule has 0 spiro atoms. The number of methoxy groups -OCH3 is 1. The van der Waals surface area contributed by atoms with Gasteiger partial charge in [0.2, 0.25) is 5.91 Å². The van der Waals surface area contributed by atoms with Crippen molar-refractivity contribution in [1.82, 2.24) is 0 Å². The number of benzene rings is 3. The predicted molar refractivity (Wildman–Crippen MR) is 110 cm³/mol. The average Bonchev–Trinajstić information content (AvgIpc) is 2.76. The number of rotatable bonds is 4. The van der Waals surface area contributed by atoms with Crippen LogP contribution in [0, 0.1) is 0 Å². The van der Waals surface area contributed by atoms with Gasteiger partial charge in [0.25, 0.3) is 0 Å². The number of hydrogen-bond donors (Lipinski definition) is 1. The van der Waals surface area contributed by atoms with E-state index in [4.69, 9.17) is 4.74 Å². The van der Waals surface area contributed by atoms with E-state index in [1.807, 2.05) is 18.2 Å². The Hall–Kier alpha value is -3.99. The monoisotopic (exact) mass is 383 g/mol. The number of ketones is 2. The van der Waals surface area contributed by atoms with Crippen molar-refractivity contribution < 1.29 is 19.1 Å². The van der Waals surface area contributed by atoms with E-state index in [0.717, 1.165) is 5.56 Å². The lowest BCUT2D eigenvalue weighted by atomic mass is 9.83. The van der Waals surface area contributed by atoms with E-state index in [2.05, 4.69) is 5.32 Å². The number of amides is 1. The summed E-state index contributed by atoms with van der Waals surface area (Å²) >= 11 is 0. The van der Waals surface area contributed by atoms with Gasteiger partial charge < -0.3 is 10.1 Å². The molecule has 5 heteroatoms. The first-order valence-electron chi connectivity index (χ1n) is 9.03. The van der Waals surface area contributed by atoms with Gasteiger partial charge in [-0.05, 0) is 29.8 Å². The lowest BCUT2D eigenvalue weighted by molar-refractivity contribution is -0.111. The minimum atomic E-state index is -0.402. The number of ether oxygens (including phenoxy) is 1. The van der Waals surface area contributed by atoms with Crippen molar-refractivity contribution in [3.8, 4) is 5.75 Å². The molecule has 0 saturated carbocycles. The first-order valence-corrected chi connectivity index (χ1v) is 9.03. The Morgan fingerprint density at radius 3 is 2.31 bits per heavy atom. The summed E-state index contributed by atoms with van der Waals surface area (Å²) < 4.78 is 5.17. The molecule has 1 aliphatic rings. The van der Waals surface area contributed by atoms with Crippen molar-refractivity contribution in [2.24, 2.45) is 0 Å². The molecule has 0 radical (unpaired) electrons. The summed E-state index contributed by atoms with van der Waals surface area (Å²) in [4.78, 5) is 38.2. The minimum Gasteiger partial charge on any atom is -0.497 e. The summed E-state index contributed by atoms with van der Waals surface area (Å²) in [5.41, 5.74) is 2.36. The molecule has 3 aromatic carbocycles. The molecule has 0 atom stereocenters. The van der Waals surface area contributed by atoms with Gasteiger partial charge in [-0.25, -0.2) is 0 Å². The Balaban J connectivity index is 1.62. The third-order valence-corrected chi connectivity index (χ3v) is 4.73. The molecule has 0 fully saturated rings. The van der Waals surface area contributed by atoms with Crippen LogP contribution >= 0.6 is 0 Å². The zero-order valence-corrected chi connectivity index (χ0v) is 15.6. The predicted octanol–water partition coefficient (Wildman–Crippen LogP) is 4.12. The van der Waals surface area contributed by atoms with Gasteiger partial charge >= 0.3 is 0 Å². The molecule has 5 nitrogen and oxygen atoms in total. The molecule has 0 unspecified atom stereocenters. The van der Waals surface area contributed by atoms with Crippen molar-refractivity contribution >= 4 is 29.2 Å². The van der Waals surface area contributed by atoms with Gasteiger partial charge in [0.15, 0.2) is 11.6 Å². The van der Waals surface area contributed by atoms with Crippen LogP contribution in [0.1, 0.15) is 37.4 Å². The number of nitrogens with one attached hydrogen (secondary N) is 1. The normalized spacial score (nSPS) is 12.4. The van der Waals surface area contributed by atoms with E-state index < -0.39 is 5.91 Å². The van der Waals surface area contributed by atoms with Crippen LogP contribution in [0.2, 0.25) is 0 Å². The molecule has 1 aliphatic carbocycles. The summed E-state index contributed by atoms with van der Waals surface area (Å²) in [5, 5.41) is 2.72. The number of carbonyl (C=O) groups is 3. The molecular formula is C24H17NO4. The smallest absolute Gasteiger partial charge is 0.248 e. The maximum atomic E-state index is 13.0. The highest BCUT2D eigenvalue weighted by molar-refractivity contribution is 6.30. The maximum Gasteiger partial charge on any atom is 0.248 e. The number of anilines is 1. The fraction of sp³-hybridized carbons (Fsp3) is 0.0417. The Morgan fingerprint density at radius 1 is 0.862 bits per heavy atom. The van der Waals surface area contributed by atoms with Crippen LogP contribution in [0.25, 0.3) is 6.08 Å². The molecular weight excluding hydrogens is 366 g/mol. The van der Waals surface area contributed by atoms with Crippen molar-refractivity contribution in [3.63, 3.8) is 0 Å². The molecule has 4 rings (SSSR count). The zero-order chi connectivity index (χ0) is 20.4. The minimum absolute atomic E-state index is 0.222. The third kappa shape index (κ3) is 3.46. The topological polar surface area (TPSA) is 72.5 Å². The second kappa shape index (κ2) is 7.56. The molecule has 142 valence electrons. The van der Waals surface area contributed by atoms with E-state index in [9.17, 15) is 14.4 Å². The fourth-order valence-corrected chi connectivity index (χ4v) is 3.34. The van der Waals surface area contributed by atoms with E-state index in [1.54, 1.807) is 61.7 Å². The van der Waals surface area contributed by atoms with E-state index >= 15 is 0 Å². The summed E-state index contributed by atoms with van der Waals surface area (Å²) in [5.74, 6) is -0.214. The van der Waals surface area contributed by atoms with Crippen molar-refractivity contribution in [1.29, 1.82) is 0 Å². The van der Waals surface area contributed by atoms with Crippen LogP contribution < -0.4 is 10.1 Å². The molecule has 3 aromatic rings. The van der Waals surface area contributed by atoms with E-state index in [1.165, 1.54) is 6.08 Å². The summed E-state index contributed by atoms with van der Waals surface area (Å²) in [7, 11) is 1.57. The molecule has 0 aromatic heterocycles. The zero-order valence-electron chi connectivity index (χ0n) is 15.6. The highest BCUT2D eigenvalue weighted by Crippen LogP contribution is 2.31. The SMILES string of the molecule is COc1cccc(/C=C/C(=O)Nc2cccc3c2C(=O)c2ccccc2C3=O)c1. The van der Waals surface area contributed by atoms with Gasteiger partial charge in [0, 0.05) is 22.8 Å². The highest BCUT2D eigenvalue weighted by Gasteiger charge is 2.31. The first kappa shape index (κ1) is 18.4. The molecule has 1 amide bonds. The number of carbonyl (C=O) groups excluding carboxylic acids is 3. The Kier molecular flexibility index (Phi) is 4.79. The van der Waals surface area contributed by atoms with E-state index in [-0.39, 0.29) is 17.1 Å². The van der Waals surface area contributed by atoms with E-state index in [0.29, 0.717) is 28.1 Å². The molecule has 0 aliphatic heterocycles. The second-order valence-corrected chi connectivity index (χ2v) is 6.53. The first-order chi connectivity index (χ1) is 14.1. The second-order valence-electron chi connectivity index (χ2n) is 6.53. The quantitative estimate of drug-likeness (QED) is 0.538. The van der Waals surface area contributed by atoms with Crippen molar-refractivity contribution in [3.05, 3.63) is 101 Å². The van der Waals surface area contributed by atoms with Crippen molar-refractivity contribution in [2.45, 2.75) is 0 Å². The van der Waals surface area contributed by atoms with Crippen LogP contribution in [-0.4, -0.2) is 24.6 Å². The molecule has 0 heterocycles. The lowest BCUT2D eigenvalue weighted by Gasteiger charge is -2.20. The van der Waals surface area contributed by atoms with Crippen LogP contribution in [0.5, 0.6) is 5.75 Å². The van der Waals surface area contributed by atoms with Crippen LogP contribution in [-0.2, 0) is 4.79 Å². The molecule has 1 N–H and O–H groups in total. The maximum absolute atomic E-state index is 13.0. The number of hydrogen-bond acceptors (Lipinski definition) is 4. The number of fused-ring (bicyclic) bond motifs is 2. The van der Waals surface area contributed by atoms with Gasteiger partial charge in [-0.1, -0.05) is 48.5 Å². The highest BCUT2D eigenvalue weighted by atomic mass is 16.5. The summed E-state index contributed by atoms with van der Waals surface area (Å²) in [6.07, 6.45) is 3.02. The largest absolute Gasteiger partial charge is 0.497 e. The molecule has 0 saturated heterocycles.